The van der Waals surface area contributed by atoms with E-state index in [1.165, 1.54) is 6.20 Å². The Kier molecular flexibility index (Phi) is 4.27. The van der Waals surface area contributed by atoms with Crippen LogP contribution >= 0.6 is 0 Å². The van der Waals surface area contributed by atoms with E-state index in [2.05, 4.69) is 20.2 Å². The van der Waals surface area contributed by atoms with Gasteiger partial charge in [-0.1, -0.05) is 18.2 Å². The van der Waals surface area contributed by atoms with Gasteiger partial charge in [0.2, 0.25) is 0 Å². The molecule has 0 fully saturated rings. The summed E-state index contributed by atoms with van der Waals surface area (Å²) in [5.41, 5.74) is 0.384. The van der Waals surface area contributed by atoms with Crippen LogP contribution in [0.15, 0.2) is 41.6 Å². The van der Waals surface area contributed by atoms with Crippen LogP contribution in [0.5, 0.6) is 0 Å². The zero-order chi connectivity index (χ0) is 15.5. The highest BCUT2D eigenvalue weighted by atomic mass is 32.2. The van der Waals surface area contributed by atoms with Crippen molar-refractivity contribution in [1.29, 1.82) is 0 Å². The van der Waals surface area contributed by atoms with Crippen LogP contribution < -0.4 is 10.0 Å². The van der Waals surface area contributed by atoms with Crippen LogP contribution in [0.4, 0.5) is 5.69 Å². The monoisotopic (exact) mass is 308 g/mol. The molecule has 3 N–H and O–H groups in total. The predicted octanol–water partition coefficient (Wildman–Crippen LogP) is 1.35. The molecule has 0 spiro atoms. The molecule has 0 saturated heterocycles. The molecule has 0 radical (unpaired) electrons. The molecular formula is C13H16N4O3S. The van der Waals surface area contributed by atoms with Gasteiger partial charge in [-0.2, -0.15) is 13.5 Å². The van der Waals surface area contributed by atoms with E-state index in [1.807, 2.05) is 0 Å². The Morgan fingerprint density at radius 2 is 1.90 bits per heavy atom. The van der Waals surface area contributed by atoms with Gasteiger partial charge in [-0.15, -0.1) is 0 Å². The molecule has 0 aliphatic rings. The summed E-state index contributed by atoms with van der Waals surface area (Å²) in [6, 6.07) is 8.30. The third kappa shape index (κ3) is 3.60. The third-order valence-electron chi connectivity index (χ3n) is 2.56. The summed E-state index contributed by atoms with van der Waals surface area (Å²) in [4.78, 5) is 12.0. The zero-order valence-electron chi connectivity index (χ0n) is 11.6. The number of rotatable bonds is 5. The van der Waals surface area contributed by atoms with Crippen molar-refractivity contribution in [2.75, 3.05) is 4.72 Å². The largest absolute Gasteiger partial charge is 0.350 e. The highest BCUT2D eigenvalue weighted by molar-refractivity contribution is 7.92. The number of carbonyl (C=O) groups excluding carboxylic acids is 1. The molecule has 2 rings (SSSR count). The molecule has 2 aromatic rings. The Balaban J connectivity index is 2.29. The number of sulfonamides is 1. The molecule has 1 heterocycles. The zero-order valence-corrected chi connectivity index (χ0v) is 12.4. The number of carbonyl (C=O) groups is 1. The van der Waals surface area contributed by atoms with Crippen molar-refractivity contribution in [3.8, 4) is 0 Å². The van der Waals surface area contributed by atoms with E-state index >= 15 is 0 Å². The summed E-state index contributed by atoms with van der Waals surface area (Å²) < 4.78 is 27.0. The van der Waals surface area contributed by atoms with Crippen molar-refractivity contribution in [2.24, 2.45) is 0 Å². The van der Waals surface area contributed by atoms with E-state index in [9.17, 15) is 13.2 Å². The van der Waals surface area contributed by atoms with Crippen molar-refractivity contribution in [3.63, 3.8) is 0 Å². The van der Waals surface area contributed by atoms with Crippen LogP contribution in [0.3, 0.4) is 0 Å². The average Bonchev–Trinajstić information content (AvgIpc) is 2.88. The minimum atomic E-state index is -3.91. The first-order chi connectivity index (χ1) is 9.90. The van der Waals surface area contributed by atoms with Crippen LogP contribution in [0, 0.1) is 0 Å². The normalized spacial score (nSPS) is 11.4. The van der Waals surface area contributed by atoms with Gasteiger partial charge in [0.05, 0.1) is 11.8 Å². The molecule has 1 aromatic carbocycles. The van der Waals surface area contributed by atoms with Crippen molar-refractivity contribution < 1.29 is 13.2 Å². The van der Waals surface area contributed by atoms with Gasteiger partial charge in [-0.05, 0) is 26.0 Å². The fraction of sp³-hybridized carbons (Fsp3) is 0.231. The number of nitrogens with zero attached hydrogens (tertiary/aromatic N) is 1. The first-order valence-corrected chi connectivity index (χ1v) is 7.80. The summed E-state index contributed by atoms with van der Waals surface area (Å²) in [6.07, 6.45) is 1.19. The van der Waals surface area contributed by atoms with E-state index in [1.54, 1.807) is 44.2 Å². The Morgan fingerprint density at radius 1 is 1.24 bits per heavy atom. The van der Waals surface area contributed by atoms with E-state index in [4.69, 9.17) is 0 Å². The molecule has 0 atom stereocenters. The second kappa shape index (κ2) is 5.96. The van der Waals surface area contributed by atoms with Gasteiger partial charge in [0.15, 0.2) is 5.03 Å². The minimum absolute atomic E-state index is 0.0212. The molecule has 8 heteroatoms. The lowest BCUT2D eigenvalue weighted by molar-refractivity contribution is 0.0940. The van der Waals surface area contributed by atoms with E-state index in [-0.39, 0.29) is 16.6 Å². The Bertz CT molecular complexity index is 723. The van der Waals surface area contributed by atoms with Crippen molar-refractivity contribution in [1.82, 2.24) is 15.5 Å². The molecule has 0 saturated carbocycles. The number of hydrogen-bond acceptors (Lipinski definition) is 4. The molecular weight excluding hydrogens is 292 g/mol. The van der Waals surface area contributed by atoms with Gasteiger partial charge >= 0.3 is 0 Å². The van der Waals surface area contributed by atoms with Crippen molar-refractivity contribution in [2.45, 2.75) is 24.9 Å². The lowest BCUT2D eigenvalue weighted by Crippen LogP contribution is -2.31. The highest BCUT2D eigenvalue weighted by Gasteiger charge is 2.25. The number of H-pyrrole nitrogens is 1. The molecule has 0 aliphatic heterocycles. The van der Waals surface area contributed by atoms with Crippen LogP contribution in [-0.4, -0.2) is 30.6 Å². The van der Waals surface area contributed by atoms with Gasteiger partial charge in [0, 0.05) is 11.7 Å². The standard InChI is InChI=1S/C13H16N4O3S/c1-9(2)15-12(18)11-8-14-16-13(11)21(19,20)17-10-6-4-3-5-7-10/h3-9,17H,1-2H3,(H,14,16)(H,15,18). The summed E-state index contributed by atoms with van der Waals surface area (Å²) in [7, 11) is -3.91. The molecule has 1 aromatic heterocycles. The maximum absolute atomic E-state index is 12.3. The summed E-state index contributed by atoms with van der Waals surface area (Å²) in [6.45, 7) is 3.57. The van der Waals surface area contributed by atoms with Crippen molar-refractivity contribution in [3.05, 3.63) is 42.1 Å². The van der Waals surface area contributed by atoms with E-state index in [0.29, 0.717) is 5.69 Å². The quantitative estimate of drug-likeness (QED) is 0.775. The molecule has 0 bridgehead atoms. The smallest absolute Gasteiger partial charge is 0.279 e. The number of para-hydroxylation sites is 1. The maximum Gasteiger partial charge on any atom is 0.279 e. The average molecular weight is 308 g/mol. The Labute approximate surface area is 122 Å². The van der Waals surface area contributed by atoms with Crippen LogP contribution in [0.2, 0.25) is 0 Å². The molecule has 0 aliphatic carbocycles. The maximum atomic E-state index is 12.3. The number of aromatic nitrogens is 2. The lowest BCUT2D eigenvalue weighted by atomic mass is 10.3. The number of anilines is 1. The van der Waals surface area contributed by atoms with Gasteiger partial charge in [0.1, 0.15) is 0 Å². The lowest BCUT2D eigenvalue weighted by Gasteiger charge is -2.10. The first kappa shape index (κ1) is 15.0. The highest BCUT2D eigenvalue weighted by Crippen LogP contribution is 2.17. The second-order valence-corrected chi connectivity index (χ2v) is 6.33. The molecule has 7 nitrogen and oxygen atoms in total. The molecule has 112 valence electrons. The molecule has 1 amide bonds. The number of nitrogens with one attached hydrogen (secondary N) is 3. The summed E-state index contributed by atoms with van der Waals surface area (Å²) in [5, 5.41) is 8.38. The van der Waals surface area contributed by atoms with E-state index in [0.717, 1.165) is 0 Å². The Morgan fingerprint density at radius 3 is 2.52 bits per heavy atom. The SMILES string of the molecule is CC(C)NC(=O)c1cn[nH]c1S(=O)(=O)Nc1ccccc1. The fourth-order valence-electron chi connectivity index (χ4n) is 1.69. The minimum Gasteiger partial charge on any atom is -0.350 e. The summed E-state index contributed by atoms with van der Waals surface area (Å²) >= 11 is 0. The second-order valence-electron chi connectivity index (χ2n) is 4.71. The first-order valence-electron chi connectivity index (χ1n) is 6.32. The summed E-state index contributed by atoms with van der Waals surface area (Å²) in [5.74, 6) is -0.493. The van der Waals surface area contributed by atoms with Gasteiger partial charge < -0.3 is 5.32 Å². The topological polar surface area (TPSA) is 104 Å². The number of hydrogen-bond donors (Lipinski definition) is 3. The van der Waals surface area contributed by atoms with Gasteiger partial charge in [-0.25, -0.2) is 0 Å². The van der Waals surface area contributed by atoms with E-state index < -0.39 is 15.9 Å². The number of aromatic amines is 1. The van der Waals surface area contributed by atoms with Crippen LogP contribution in [-0.2, 0) is 10.0 Å². The third-order valence-corrected chi connectivity index (χ3v) is 3.92. The number of benzene rings is 1. The fourth-order valence-corrected chi connectivity index (χ4v) is 2.85. The van der Waals surface area contributed by atoms with Crippen LogP contribution in [0.25, 0.3) is 0 Å². The van der Waals surface area contributed by atoms with Gasteiger partial charge in [0.25, 0.3) is 15.9 Å². The van der Waals surface area contributed by atoms with Crippen LogP contribution in [0.1, 0.15) is 24.2 Å². The van der Waals surface area contributed by atoms with Crippen molar-refractivity contribution >= 4 is 21.6 Å². The predicted molar refractivity (Wildman–Crippen MR) is 78.4 cm³/mol. The van der Waals surface area contributed by atoms with Gasteiger partial charge in [-0.3, -0.25) is 14.6 Å². The molecule has 0 unspecified atom stereocenters. The number of amides is 1. The Hall–Kier alpha value is -2.35. The molecule has 21 heavy (non-hydrogen) atoms.